The van der Waals surface area contributed by atoms with E-state index in [0.717, 1.165) is 30.1 Å². The van der Waals surface area contributed by atoms with Crippen molar-refractivity contribution in [3.05, 3.63) is 59.7 Å². The van der Waals surface area contributed by atoms with Crippen molar-refractivity contribution in [1.29, 1.82) is 0 Å². The van der Waals surface area contributed by atoms with Crippen molar-refractivity contribution < 1.29 is 9.53 Å². The van der Waals surface area contributed by atoms with E-state index in [1.54, 1.807) is 7.11 Å². The largest absolute Gasteiger partial charge is 0.497 e. The molecule has 1 aliphatic rings. The number of methoxy groups -OCH3 is 1. The van der Waals surface area contributed by atoms with Gasteiger partial charge in [-0.1, -0.05) is 29.8 Å². The van der Waals surface area contributed by atoms with Crippen LogP contribution in [0.2, 0.25) is 0 Å². The Bertz CT molecular complexity index is 650. The van der Waals surface area contributed by atoms with Gasteiger partial charge in [0.25, 0.3) is 0 Å². The number of hydrogen-bond donors (Lipinski definition) is 0. The predicted octanol–water partition coefficient (Wildman–Crippen LogP) is 3.45. The van der Waals surface area contributed by atoms with Crippen molar-refractivity contribution in [2.45, 2.75) is 13.5 Å². The second-order valence-electron chi connectivity index (χ2n) is 5.54. The summed E-state index contributed by atoms with van der Waals surface area (Å²) in [6.07, 6.45) is 0. The van der Waals surface area contributed by atoms with Gasteiger partial charge in [0.05, 0.1) is 7.11 Å². The molecule has 3 rings (SSSR count). The highest BCUT2D eigenvalue weighted by Crippen LogP contribution is 2.24. The number of rotatable bonds is 4. The van der Waals surface area contributed by atoms with Gasteiger partial charge >= 0.3 is 6.03 Å². The number of nitrogens with zero attached hydrogens (tertiary/aromatic N) is 2. The molecule has 114 valence electrons. The fourth-order valence-electron chi connectivity index (χ4n) is 2.64. The van der Waals surface area contributed by atoms with Crippen molar-refractivity contribution >= 4 is 11.7 Å². The molecule has 0 N–H and O–H groups in total. The average Bonchev–Trinajstić information content (AvgIpc) is 2.91. The summed E-state index contributed by atoms with van der Waals surface area (Å²) in [7, 11) is 1.64. The maximum absolute atomic E-state index is 12.6. The molecule has 1 aliphatic heterocycles. The lowest BCUT2D eigenvalue weighted by Gasteiger charge is -2.19. The molecule has 2 amide bonds. The van der Waals surface area contributed by atoms with Gasteiger partial charge in [-0.25, -0.2) is 4.79 Å². The fraction of sp³-hybridized carbons (Fsp3) is 0.278. The molecule has 2 aromatic rings. The predicted molar refractivity (Wildman–Crippen MR) is 87.3 cm³/mol. The zero-order valence-corrected chi connectivity index (χ0v) is 13.0. The Labute approximate surface area is 130 Å². The van der Waals surface area contributed by atoms with Crippen LogP contribution in [0.4, 0.5) is 10.5 Å². The second-order valence-corrected chi connectivity index (χ2v) is 5.54. The number of hydrogen-bond acceptors (Lipinski definition) is 2. The lowest BCUT2D eigenvalue weighted by atomic mass is 10.1. The van der Waals surface area contributed by atoms with E-state index in [2.05, 4.69) is 31.2 Å². The number of amides is 2. The van der Waals surface area contributed by atoms with Gasteiger partial charge in [-0.3, -0.25) is 4.90 Å². The molecule has 0 spiro atoms. The Hall–Kier alpha value is -2.49. The van der Waals surface area contributed by atoms with Crippen LogP contribution in [0.5, 0.6) is 5.75 Å². The summed E-state index contributed by atoms with van der Waals surface area (Å²) in [5.41, 5.74) is 3.31. The van der Waals surface area contributed by atoms with Gasteiger partial charge in [-0.2, -0.15) is 0 Å². The van der Waals surface area contributed by atoms with Crippen LogP contribution in [0.1, 0.15) is 11.1 Å². The summed E-state index contributed by atoms with van der Waals surface area (Å²) in [6, 6.07) is 16.0. The topological polar surface area (TPSA) is 32.8 Å². The molecule has 4 nitrogen and oxygen atoms in total. The molecule has 22 heavy (non-hydrogen) atoms. The minimum absolute atomic E-state index is 0.0609. The van der Waals surface area contributed by atoms with Crippen LogP contribution in [0.15, 0.2) is 48.5 Å². The first kappa shape index (κ1) is 14.4. The van der Waals surface area contributed by atoms with E-state index < -0.39 is 0 Å². The monoisotopic (exact) mass is 296 g/mol. The van der Waals surface area contributed by atoms with Gasteiger partial charge in [0.1, 0.15) is 5.75 Å². The number of urea groups is 1. The minimum Gasteiger partial charge on any atom is -0.497 e. The molecule has 0 atom stereocenters. The fourth-order valence-corrected chi connectivity index (χ4v) is 2.64. The van der Waals surface area contributed by atoms with Gasteiger partial charge in [0.15, 0.2) is 0 Å². The van der Waals surface area contributed by atoms with E-state index >= 15 is 0 Å². The van der Waals surface area contributed by atoms with Gasteiger partial charge in [-0.15, -0.1) is 0 Å². The van der Waals surface area contributed by atoms with E-state index in [4.69, 9.17) is 4.74 Å². The van der Waals surface area contributed by atoms with Crippen LogP contribution in [-0.2, 0) is 6.54 Å². The van der Waals surface area contributed by atoms with Gasteiger partial charge < -0.3 is 9.64 Å². The summed E-state index contributed by atoms with van der Waals surface area (Å²) >= 11 is 0. The minimum atomic E-state index is 0.0609. The van der Waals surface area contributed by atoms with Crippen LogP contribution in [-0.4, -0.2) is 31.1 Å². The molecule has 0 unspecified atom stereocenters. The molecular weight excluding hydrogens is 276 g/mol. The van der Waals surface area contributed by atoms with Crippen LogP contribution in [0, 0.1) is 6.92 Å². The van der Waals surface area contributed by atoms with Crippen LogP contribution < -0.4 is 9.64 Å². The number of ether oxygens (including phenoxy) is 1. The highest BCUT2D eigenvalue weighted by molar-refractivity contribution is 5.94. The molecule has 1 heterocycles. The lowest BCUT2D eigenvalue weighted by molar-refractivity contribution is 0.219. The summed E-state index contributed by atoms with van der Waals surface area (Å²) in [6.45, 7) is 4.19. The molecular formula is C18H20N2O2. The molecule has 2 aromatic carbocycles. The first-order valence-corrected chi connectivity index (χ1v) is 7.43. The quantitative estimate of drug-likeness (QED) is 0.865. The van der Waals surface area contributed by atoms with E-state index in [0.29, 0.717) is 6.54 Å². The number of benzene rings is 2. The second kappa shape index (κ2) is 6.10. The van der Waals surface area contributed by atoms with Crippen molar-refractivity contribution in [1.82, 2.24) is 4.90 Å². The highest BCUT2D eigenvalue weighted by Gasteiger charge is 2.29. The summed E-state index contributed by atoms with van der Waals surface area (Å²) in [5, 5.41) is 0. The Morgan fingerprint density at radius 3 is 2.32 bits per heavy atom. The van der Waals surface area contributed by atoms with E-state index in [-0.39, 0.29) is 6.03 Å². The SMILES string of the molecule is COc1ccc(N2CCN(Cc3ccc(C)cc3)C2=O)cc1. The van der Waals surface area contributed by atoms with Gasteiger partial charge in [0, 0.05) is 25.3 Å². The summed E-state index contributed by atoms with van der Waals surface area (Å²) < 4.78 is 5.15. The Balaban J connectivity index is 1.69. The highest BCUT2D eigenvalue weighted by atomic mass is 16.5. The van der Waals surface area contributed by atoms with Crippen molar-refractivity contribution in [3.63, 3.8) is 0 Å². The maximum atomic E-state index is 12.6. The molecule has 0 bridgehead atoms. The first-order chi connectivity index (χ1) is 10.7. The zero-order valence-electron chi connectivity index (χ0n) is 13.0. The number of aryl methyl sites for hydroxylation is 1. The summed E-state index contributed by atoms with van der Waals surface area (Å²) in [5.74, 6) is 0.798. The van der Waals surface area contributed by atoms with Crippen LogP contribution in [0.25, 0.3) is 0 Å². The molecule has 0 aromatic heterocycles. The lowest BCUT2D eigenvalue weighted by Crippen LogP contribution is -2.31. The smallest absolute Gasteiger partial charge is 0.324 e. The molecule has 0 aliphatic carbocycles. The number of anilines is 1. The molecule has 0 radical (unpaired) electrons. The number of carbonyl (C=O) groups excluding carboxylic acids is 1. The van der Waals surface area contributed by atoms with E-state index in [1.165, 1.54) is 5.56 Å². The Morgan fingerprint density at radius 1 is 1.00 bits per heavy atom. The first-order valence-electron chi connectivity index (χ1n) is 7.43. The van der Waals surface area contributed by atoms with Crippen LogP contribution in [0.3, 0.4) is 0 Å². The third kappa shape index (κ3) is 2.91. The standard InChI is InChI=1S/C18H20N2O2/c1-14-3-5-15(6-4-14)13-19-11-12-20(18(19)21)16-7-9-17(22-2)10-8-16/h3-10H,11-13H2,1-2H3. The third-order valence-corrected chi connectivity index (χ3v) is 3.97. The van der Waals surface area contributed by atoms with Crippen molar-refractivity contribution in [2.75, 3.05) is 25.1 Å². The molecule has 1 fully saturated rings. The van der Waals surface area contributed by atoms with E-state index in [9.17, 15) is 4.79 Å². The van der Waals surface area contributed by atoms with Crippen molar-refractivity contribution in [3.8, 4) is 5.75 Å². The average molecular weight is 296 g/mol. The normalized spacial score (nSPS) is 14.5. The Kier molecular flexibility index (Phi) is 4.00. The molecule has 4 heteroatoms. The molecule has 0 saturated carbocycles. The van der Waals surface area contributed by atoms with E-state index in [1.807, 2.05) is 34.1 Å². The third-order valence-electron chi connectivity index (χ3n) is 3.97. The Morgan fingerprint density at radius 2 is 1.68 bits per heavy atom. The van der Waals surface area contributed by atoms with Crippen LogP contribution >= 0.6 is 0 Å². The van der Waals surface area contributed by atoms with Gasteiger partial charge in [-0.05, 0) is 36.8 Å². The maximum Gasteiger partial charge on any atom is 0.324 e. The summed E-state index contributed by atoms with van der Waals surface area (Å²) in [4.78, 5) is 16.2. The number of carbonyl (C=O) groups is 1. The van der Waals surface area contributed by atoms with Gasteiger partial charge in [0.2, 0.25) is 0 Å². The van der Waals surface area contributed by atoms with Crippen molar-refractivity contribution in [2.24, 2.45) is 0 Å². The molecule has 1 saturated heterocycles. The zero-order chi connectivity index (χ0) is 15.5.